The van der Waals surface area contributed by atoms with Crippen LogP contribution in [0.25, 0.3) is 20.2 Å². The van der Waals surface area contributed by atoms with Crippen molar-refractivity contribution in [2.45, 2.75) is 25.7 Å². The highest BCUT2D eigenvalue weighted by Gasteiger charge is 2.34. The largest absolute Gasteiger partial charge is 0.309 e. The van der Waals surface area contributed by atoms with Gasteiger partial charge in [-0.3, -0.25) is 0 Å². The lowest BCUT2D eigenvalue weighted by Gasteiger charge is -2.24. The van der Waals surface area contributed by atoms with E-state index in [1.165, 1.54) is 0 Å². The van der Waals surface area contributed by atoms with E-state index < -0.39 is 14.3 Å². The van der Waals surface area contributed by atoms with Crippen molar-refractivity contribution in [3.05, 3.63) is 144 Å². The average molecular weight is 589 g/mol. The zero-order chi connectivity index (χ0) is 27.9. The molecular formula is C36H30O2P2S. The molecule has 5 heteroatoms. The molecule has 2 nitrogen and oxygen atoms in total. The Hall–Kier alpha value is -3.48. The van der Waals surface area contributed by atoms with Crippen LogP contribution in [-0.4, -0.2) is 0 Å². The van der Waals surface area contributed by atoms with Crippen LogP contribution >= 0.6 is 25.6 Å². The summed E-state index contributed by atoms with van der Waals surface area (Å²) in [5.74, 6) is 0. The van der Waals surface area contributed by atoms with Gasteiger partial charge in [0.15, 0.2) is 14.3 Å². The Balaban J connectivity index is 1.45. The molecule has 2 aliphatic rings. The molecule has 202 valence electrons. The second-order valence-electron chi connectivity index (χ2n) is 10.6. The molecule has 0 aliphatic heterocycles. The minimum Gasteiger partial charge on any atom is -0.309 e. The number of allylic oxidation sites excluding steroid dienone is 8. The number of hydrogen-bond donors (Lipinski definition) is 0. The molecule has 1 aromatic heterocycles. The lowest BCUT2D eigenvalue weighted by molar-refractivity contribution is 0.589. The summed E-state index contributed by atoms with van der Waals surface area (Å²) in [5.41, 5.74) is 0. The van der Waals surface area contributed by atoms with Gasteiger partial charge in [0.1, 0.15) is 0 Å². The van der Waals surface area contributed by atoms with E-state index in [0.717, 1.165) is 77.7 Å². The van der Waals surface area contributed by atoms with Gasteiger partial charge in [0.05, 0.1) is 0 Å². The summed E-state index contributed by atoms with van der Waals surface area (Å²) in [5, 5.41) is 7.30. The summed E-state index contributed by atoms with van der Waals surface area (Å²) in [6.07, 6.45) is 16.5. The van der Waals surface area contributed by atoms with Crippen LogP contribution in [0, 0.1) is 0 Å². The van der Waals surface area contributed by atoms with E-state index in [4.69, 9.17) is 0 Å². The van der Waals surface area contributed by atoms with Crippen molar-refractivity contribution in [3.63, 3.8) is 0 Å². The molecule has 0 atom stereocenters. The minimum absolute atomic E-state index is 0.812. The van der Waals surface area contributed by atoms with Crippen LogP contribution in [0.3, 0.4) is 0 Å². The van der Waals surface area contributed by atoms with Crippen molar-refractivity contribution in [1.29, 1.82) is 0 Å². The first-order valence-corrected chi connectivity index (χ1v) is 18.3. The minimum atomic E-state index is -3.11. The van der Waals surface area contributed by atoms with Crippen LogP contribution in [0.15, 0.2) is 144 Å². The molecule has 0 unspecified atom stereocenters. The van der Waals surface area contributed by atoms with E-state index in [1.807, 2.05) is 66.7 Å². The molecule has 41 heavy (non-hydrogen) atoms. The molecule has 0 fully saturated rings. The van der Waals surface area contributed by atoms with Crippen LogP contribution in [0.4, 0.5) is 0 Å². The van der Waals surface area contributed by atoms with E-state index in [1.54, 1.807) is 11.3 Å². The molecule has 1 heterocycles. The summed E-state index contributed by atoms with van der Waals surface area (Å²) in [6.45, 7) is 0. The van der Waals surface area contributed by atoms with Gasteiger partial charge in [-0.05, 0) is 62.1 Å². The predicted molar refractivity (Wildman–Crippen MR) is 179 cm³/mol. The second-order valence-corrected chi connectivity index (χ2v) is 17.2. The van der Waals surface area contributed by atoms with Gasteiger partial charge in [0.2, 0.25) is 0 Å². The third-order valence-electron chi connectivity index (χ3n) is 8.08. The third kappa shape index (κ3) is 4.48. The zero-order valence-corrected chi connectivity index (χ0v) is 25.3. The third-order valence-corrected chi connectivity index (χ3v) is 15.4. The lowest BCUT2D eigenvalue weighted by Crippen LogP contribution is -2.24. The van der Waals surface area contributed by atoms with Crippen molar-refractivity contribution in [2.24, 2.45) is 0 Å². The molecule has 0 N–H and O–H groups in total. The summed E-state index contributed by atoms with van der Waals surface area (Å²) in [4.78, 5) is 0. The Labute approximate surface area is 245 Å². The van der Waals surface area contributed by atoms with Gasteiger partial charge < -0.3 is 9.13 Å². The van der Waals surface area contributed by atoms with Gasteiger partial charge in [-0.2, -0.15) is 0 Å². The fourth-order valence-electron chi connectivity index (χ4n) is 5.98. The first-order valence-electron chi connectivity index (χ1n) is 14.1. The first kappa shape index (κ1) is 26.4. The summed E-state index contributed by atoms with van der Waals surface area (Å²) >= 11 is 1.73. The highest BCUT2D eigenvalue weighted by molar-refractivity contribution is 7.85. The maximum Gasteiger partial charge on any atom is 0.171 e. The first-order chi connectivity index (χ1) is 20.1. The molecule has 0 saturated heterocycles. The van der Waals surface area contributed by atoms with Crippen molar-refractivity contribution < 1.29 is 9.13 Å². The molecule has 0 saturated carbocycles. The number of benzene rings is 4. The molecule has 0 bridgehead atoms. The van der Waals surface area contributed by atoms with E-state index in [-0.39, 0.29) is 0 Å². The standard InChI is InChI=1S/C36H30O2P2S/c37-39(27-13-5-1-6-14-27,28-15-7-2-8-16-28)31-21-23-35-33(25-31)34-26-32(22-24-36(34)41-35)40(38,29-17-9-3-10-18-29)30-19-11-4-12-20-30/h1-2,5-9,11,13-26H,3-4,10,12H2. The van der Waals surface area contributed by atoms with E-state index in [9.17, 15) is 0 Å². The zero-order valence-electron chi connectivity index (χ0n) is 22.6. The Bertz CT molecular complexity index is 1920. The van der Waals surface area contributed by atoms with Gasteiger partial charge in [-0.15, -0.1) is 11.3 Å². The van der Waals surface area contributed by atoms with Gasteiger partial charge in [-0.1, -0.05) is 97.1 Å². The highest BCUT2D eigenvalue weighted by atomic mass is 32.1. The Kier molecular flexibility index (Phi) is 6.92. The monoisotopic (exact) mass is 588 g/mol. The quantitative estimate of drug-likeness (QED) is 0.185. The van der Waals surface area contributed by atoms with E-state index in [2.05, 4.69) is 66.8 Å². The molecular weight excluding hydrogens is 558 g/mol. The van der Waals surface area contributed by atoms with E-state index in [0.29, 0.717) is 0 Å². The van der Waals surface area contributed by atoms with Crippen LogP contribution in [0.1, 0.15) is 25.7 Å². The SMILES string of the molecule is O=P(C1=CCCC=C1)(C1=CCCC=C1)c1ccc2sc3ccc(P(=O)(c4ccccc4)c4ccccc4)cc3c2c1. The molecule has 5 aromatic rings. The maximum absolute atomic E-state index is 15.1. The smallest absolute Gasteiger partial charge is 0.171 e. The normalized spacial score (nSPS) is 15.7. The van der Waals surface area contributed by atoms with Gasteiger partial charge in [0, 0.05) is 52.0 Å². The van der Waals surface area contributed by atoms with Crippen molar-refractivity contribution in [1.82, 2.24) is 0 Å². The topological polar surface area (TPSA) is 34.1 Å². The molecule has 0 radical (unpaired) electrons. The number of thiophene rings is 1. The Morgan fingerprint density at radius 2 is 0.951 bits per heavy atom. The van der Waals surface area contributed by atoms with Crippen LogP contribution in [-0.2, 0) is 9.13 Å². The number of rotatable bonds is 6. The summed E-state index contributed by atoms with van der Waals surface area (Å²) < 4.78 is 32.5. The molecule has 0 spiro atoms. The van der Waals surface area contributed by atoms with Crippen molar-refractivity contribution in [3.8, 4) is 0 Å². The fourth-order valence-corrected chi connectivity index (χ4v) is 12.6. The summed E-state index contributed by atoms with van der Waals surface area (Å²) in [7, 11) is -6.13. The van der Waals surface area contributed by atoms with Crippen LogP contribution in [0.2, 0.25) is 0 Å². The van der Waals surface area contributed by atoms with Crippen molar-refractivity contribution in [2.75, 3.05) is 0 Å². The Morgan fingerprint density at radius 1 is 0.488 bits per heavy atom. The van der Waals surface area contributed by atoms with E-state index >= 15 is 9.13 Å². The predicted octanol–water partition coefficient (Wildman–Crippen LogP) is 9.15. The number of fused-ring (bicyclic) bond motifs is 3. The molecule has 7 rings (SSSR count). The lowest BCUT2D eigenvalue weighted by atomic mass is 10.1. The van der Waals surface area contributed by atoms with Crippen LogP contribution < -0.4 is 21.2 Å². The van der Waals surface area contributed by atoms with Crippen molar-refractivity contribution >= 4 is 67.0 Å². The fraction of sp³-hybridized carbons (Fsp3) is 0.111. The average Bonchev–Trinajstić information content (AvgIpc) is 3.43. The summed E-state index contributed by atoms with van der Waals surface area (Å²) in [6, 6.07) is 32.2. The molecule has 4 aromatic carbocycles. The van der Waals surface area contributed by atoms with Gasteiger partial charge >= 0.3 is 0 Å². The molecule has 0 amide bonds. The maximum atomic E-state index is 15.1. The Morgan fingerprint density at radius 3 is 1.39 bits per heavy atom. The van der Waals surface area contributed by atoms with Crippen LogP contribution in [0.5, 0.6) is 0 Å². The highest BCUT2D eigenvalue weighted by Crippen LogP contribution is 2.62. The number of hydrogen-bond acceptors (Lipinski definition) is 3. The molecule has 2 aliphatic carbocycles. The van der Waals surface area contributed by atoms with Gasteiger partial charge in [0.25, 0.3) is 0 Å². The van der Waals surface area contributed by atoms with Gasteiger partial charge in [-0.25, -0.2) is 0 Å². The second kappa shape index (κ2) is 10.7.